The lowest BCUT2D eigenvalue weighted by atomic mass is 10.3. The predicted octanol–water partition coefficient (Wildman–Crippen LogP) is 3.33. The fraction of sp³-hybridized carbons (Fsp3) is 0.636. The van der Waals surface area contributed by atoms with E-state index in [1.54, 1.807) is 11.8 Å². The van der Waals surface area contributed by atoms with Crippen molar-refractivity contribution in [3.63, 3.8) is 0 Å². The zero-order valence-corrected chi connectivity index (χ0v) is 13.0. The second kappa shape index (κ2) is 7.32. The smallest absolute Gasteiger partial charge is 0.143 e. The summed E-state index contributed by atoms with van der Waals surface area (Å²) in [5, 5.41) is 3.37. The highest BCUT2D eigenvalue weighted by Crippen LogP contribution is 2.21. The Kier molecular flexibility index (Phi) is 6.41. The lowest BCUT2D eigenvalue weighted by Gasteiger charge is -2.11. The van der Waals surface area contributed by atoms with Crippen LogP contribution in [0.25, 0.3) is 0 Å². The molecule has 1 aromatic heterocycles. The van der Waals surface area contributed by atoms with E-state index in [-0.39, 0.29) is 0 Å². The van der Waals surface area contributed by atoms with Gasteiger partial charge in [-0.1, -0.05) is 13.8 Å². The third kappa shape index (κ3) is 3.76. The number of nitrogens with one attached hydrogen (secondary N) is 1. The van der Waals surface area contributed by atoms with Crippen molar-refractivity contribution < 1.29 is 0 Å². The van der Waals surface area contributed by atoms with Crippen LogP contribution in [0.3, 0.4) is 0 Å². The average Bonchev–Trinajstić information content (AvgIpc) is 2.29. The van der Waals surface area contributed by atoms with Gasteiger partial charge in [0, 0.05) is 6.54 Å². The Morgan fingerprint density at radius 1 is 1.31 bits per heavy atom. The number of thioether (sulfide) groups is 1. The average molecular weight is 351 g/mol. The minimum atomic E-state index is 0.880. The summed E-state index contributed by atoms with van der Waals surface area (Å²) in [4.78, 5) is 9.13. The van der Waals surface area contributed by atoms with Gasteiger partial charge < -0.3 is 5.32 Å². The van der Waals surface area contributed by atoms with Crippen molar-refractivity contribution in [2.45, 2.75) is 32.4 Å². The fourth-order valence-corrected chi connectivity index (χ4v) is 2.53. The molecule has 1 heterocycles. The van der Waals surface area contributed by atoms with Crippen LogP contribution in [0.4, 0.5) is 5.82 Å². The Bertz CT molecular complexity index is 344. The third-order valence-electron chi connectivity index (χ3n) is 2.12. The molecule has 0 aromatic carbocycles. The van der Waals surface area contributed by atoms with Crippen molar-refractivity contribution in [3.8, 4) is 0 Å². The number of anilines is 1. The Balaban J connectivity index is 2.98. The maximum absolute atomic E-state index is 4.57. The van der Waals surface area contributed by atoms with Gasteiger partial charge in [-0.05, 0) is 41.7 Å². The Morgan fingerprint density at radius 2 is 2.06 bits per heavy atom. The molecule has 0 aliphatic carbocycles. The summed E-state index contributed by atoms with van der Waals surface area (Å²) in [7, 11) is 0. The molecule has 0 bridgehead atoms. The maximum atomic E-state index is 4.57. The van der Waals surface area contributed by atoms with Crippen LogP contribution in [0.15, 0.2) is 0 Å². The van der Waals surface area contributed by atoms with Crippen LogP contribution >= 0.6 is 34.4 Å². The van der Waals surface area contributed by atoms with Crippen molar-refractivity contribution in [3.05, 3.63) is 15.1 Å². The SMILES string of the molecule is CCCNc1nc(CSC)nc(CC)c1I. The largest absolute Gasteiger partial charge is 0.369 e. The zero-order valence-electron chi connectivity index (χ0n) is 10.0. The molecule has 90 valence electrons. The molecule has 0 saturated heterocycles. The lowest BCUT2D eigenvalue weighted by Crippen LogP contribution is -2.10. The van der Waals surface area contributed by atoms with Crippen molar-refractivity contribution in [2.75, 3.05) is 18.1 Å². The van der Waals surface area contributed by atoms with Crippen LogP contribution in [-0.4, -0.2) is 22.8 Å². The molecular formula is C11H18IN3S. The Morgan fingerprint density at radius 3 is 2.62 bits per heavy atom. The predicted molar refractivity (Wildman–Crippen MR) is 80.1 cm³/mol. The minimum Gasteiger partial charge on any atom is -0.369 e. The van der Waals surface area contributed by atoms with Gasteiger partial charge in [0.25, 0.3) is 0 Å². The van der Waals surface area contributed by atoms with Crippen LogP contribution in [0, 0.1) is 3.57 Å². The van der Waals surface area contributed by atoms with E-state index in [0.29, 0.717) is 0 Å². The summed E-state index contributed by atoms with van der Waals surface area (Å²) in [6, 6.07) is 0. The minimum absolute atomic E-state index is 0.880. The van der Waals surface area contributed by atoms with Gasteiger partial charge in [0.15, 0.2) is 0 Å². The van der Waals surface area contributed by atoms with E-state index in [1.165, 1.54) is 3.57 Å². The van der Waals surface area contributed by atoms with Crippen molar-refractivity contribution in [1.29, 1.82) is 0 Å². The van der Waals surface area contributed by atoms with Gasteiger partial charge in [-0.15, -0.1) is 0 Å². The maximum Gasteiger partial charge on any atom is 0.143 e. The number of hydrogen-bond acceptors (Lipinski definition) is 4. The highest BCUT2D eigenvalue weighted by Gasteiger charge is 2.10. The van der Waals surface area contributed by atoms with E-state index in [1.807, 2.05) is 0 Å². The molecule has 0 saturated carbocycles. The van der Waals surface area contributed by atoms with Crippen molar-refractivity contribution in [1.82, 2.24) is 9.97 Å². The van der Waals surface area contributed by atoms with Crippen molar-refractivity contribution in [2.24, 2.45) is 0 Å². The molecule has 3 nitrogen and oxygen atoms in total. The summed E-state index contributed by atoms with van der Waals surface area (Å²) in [6.45, 7) is 5.26. The molecule has 1 rings (SSSR count). The molecule has 0 amide bonds. The summed E-state index contributed by atoms with van der Waals surface area (Å²) < 4.78 is 1.17. The standard InChI is InChI=1S/C11H18IN3S/c1-4-6-13-11-10(12)8(5-2)14-9(15-11)7-16-3/h4-7H2,1-3H3,(H,13,14,15). The topological polar surface area (TPSA) is 37.8 Å². The Hall–Kier alpha value is -0.0400. The Labute approximate surface area is 115 Å². The van der Waals surface area contributed by atoms with Gasteiger partial charge in [0.2, 0.25) is 0 Å². The molecule has 0 aliphatic rings. The van der Waals surface area contributed by atoms with Gasteiger partial charge in [0.1, 0.15) is 11.6 Å². The molecule has 0 aliphatic heterocycles. The molecular weight excluding hydrogens is 333 g/mol. The van der Waals surface area contributed by atoms with Crippen LogP contribution < -0.4 is 5.32 Å². The van der Waals surface area contributed by atoms with Crippen LogP contribution in [0.1, 0.15) is 31.8 Å². The second-order valence-corrected chi connectivity index (χ2v) is 5.41. The zero-order chi connectivity index (χ0) is 12.0. The first-order valence-corrected chi connectivity index (χ1v) is 7.98. The van der Waals surface area contributed by atoms with Crippen LogP contribution in [-0.2, 0) is 12.2 Å². The summed E-state index contributed by atoms with van der Waals surface area (Å²) in [6.07, 6.45) is 4.15. The quantitative estimate of drug-likeness (QED) is 0.798. The number of nitrogens with zero attached hydrogens (tertiary/aromatic N) is 2. The van der Waals surface area contributed by atoms with Gasteiger partial charge in [-0.25, -0.2) is 9.97 Å². The van der Waals surface area contributed by atoms with E-state index in [2.05, 4.69) is 58.0 Å². The first kappa shape index (κ1) is 14.0. The molecule has 0 fully saturated rings. The number of aromatic nitrogens is 2. The normalized spacial score (nSPS) is 10.5. The molecule has 0 atom stereocenters. The molecule has 0 unspecified atom stereocenters. The van der Waals surface area contributed by atoms with E-state index < -0.39 is 0 Å². The molecule has 0 radical (unpaired) electrons. The van der Waals surface area contributed by atoms with Gasteiger partial charge >= 0.3 is 0 Å². The fourth-order valence-electron chi connectivity index (χ4n) is 1.33. The molecule has 16 heavy (non-hydrogen) atoms. The van der Waals surface area contributed by atoms with E-state index >= 15 is 0 Å². The van der Waals surface area contributed by atoms with Crippen molar-refractivity contribution >= 4 is 40.2 Å². The monoisotopic (exact) mass is 351 g/mol. The lowest BCUT2D eigenvalue weighted by molar-refractivity contribution is 0.906. The number of rotatable bonds is 6. The van der Waals surface area contributed by atoms with Gasteiger partial charge in [0.05, 0.1) is 15.0 Å². The first-order valence-electron chi connectivity index (χ1n) is 5.51. The number of halogens is 1. The van der Waals surface area contributed by atoms with Gasteiger partial charge in [-0.2, -0.15) is 11.8 Å². The third-order valence-corrected chi connectivity index (χ3v) is 3.80. The molecule has 1 aromatic rings. The summed E-state index contributed by atoms with van der Waals surface area (Å²) in [5.74, 6) is 2.81. The highest BCUT2D eigenvalue weighted by molar-refractivity contribution is 14.1. The van der Waals surface area contributed by atoms with E-state index in [9.17, 15) is 0 Å². The number of aryl methyl sites for hydroxylation is 1. The summed E-state index contributed by atoms with van der Waals surface area (Å²) >= 11 is 4.09. The molecule has 5 heteroatoms. The highest BCUT2D eigenvalue weighted by atomic mass is 127. The van der Waals surface area contributed by atoms with Crippen LogP contribution in [0.2, 0.25) is 0 Å². The van der Waals surface area contributed by atoms with Crippen LogP contribution in [0.5, 0.6) is 0 Å². The molecule has 1 N–H and O–H groups in total. The summed E-state index contributed by atoms with van der Waals surface area (Å²) in [5.41, 5.74) is 1.15. The van der Waals surface area contributed by atoms with E-state index in [0.717, 1.165) is 42.5 Å². The van der Waals surface area contributed by atoms with E-state index in [4.69, 9.17) is 0 Å². The molecule has 0 spiro atoms. The van der Waals surface area contributed by atoms with Gasteiger partial charge in [-0.3, -0.25) is 0 Å². The first-order chi connectivity index (χ1) is 7.72. The second-order valence-electron chi connectivity index (χ2n) is 3.46. The number of hydrogen-bond donors (Lipinski definition) is 1.